The lowest BCUT2D eigenvalue weighted by Crippen LogP contribution is -2.49. The Morgan fingerprint density at radius 3 is 2.05 bits per heavy atom. The smallest absolute Gasteiger partial charge is 0.424 e. The molecule has 106 valence electrons. The monoisotopic (exact) mass is 349 g/mol. The minimum Gasteiger partial charge on any atom is -0.452 e. The van der Waals surface area contributed by atoms with Crippen molar-refractivity contribution in [2.24, 2.45) is 0 Å². The van der Waals surface area contributed by atoms with E-state index in [9.17, 15) is 13.2 Å². The molecule has 7 heteroatoms. The highest BCUT2D eigenvalue weighted by molar-refractivity contribution is 9.10. The number of rotatable bonds is 2. The number of amides is 1. The van der Waals surface area contributed by atoms with Crippen LogP contribution in [0.4, 0.5) is 4.79 Å². The first-order chi connectivity index (χ1) is 8.60. The number of benzene rings is 1. The summed E-state index contributed by atoms with van der Waals surface area (Å²) in [6.45, 7) is 4.88. The number of ether oxygens (including phenoxy) is 1. The zero-order valence-corrected chi connectivity index (χ0v) is 13.6. The highest BCUT2D eigenvalue weighted by Crippen LogP contribution is 2.26. The van der Waals surface area contributed by atoms with Crippen molar-refractivity contribution in [2.45, 2.75) is 31.2 Å². The Morgan fingerprint density at radius 1 is 1.21 bits per heavy atom. The molecule has 0 aromatic heterocycles. The first-order valence-corrected chi connectivity index (χ1v) is 7.73. The van der Waals surface area contributed by atoms with E-state index < -0.39 is 21.7 Å². The number of hydrogen-bond acceptors (Lipinski definition) is 4. The molecule has 0 aliphatic heterocycles. The summed E-state index contributed by atoms with van der Waals surface area (Å²) in [5.74, 6) is 0. The summed E-state index contributed by atoms with van der Waals surface area (Å²) in [5, 5.41) is 0. The zero-order chi connectivity index (χ0) is 14.8. The molecule has 1 aromatic rings. The van der Waals surface area contributed by atoms with Crippen molar-refractivity contribution < 1.29 is 17.9 Å². The van der Waals surface area contributed by atoms with E-state index in [1.54, 1.807) is 32.9 Å². The Bertz CT molecular complexity index is 560. The van der Waals surface area contributed by atoms with Crippen molar-refractivity contribution in [1.82, 2.24) is 4.31 Å². The third-order valence-corrected chi connectivity index (χ3v) is 4.88. The Hall–Kier alpha value is -1.08. The lowest BCUT2D eigenvalue weighted by molar-refractivity contribution is 0.125. The van der Waals surface area contributed by atoms with Gasteiger partial charge in [0.1, 0.15) is 0 Å². The lowest BCUT2D eigenvalue weighted by atomic mass is 10.1. The predicted molar refractivity (Wildman–Crippen MR) is 75.3 cm³/mol. The molecule has 0 N–H and O–H groups in total. The molecule has 0 aliphatic carbocycles. The molecule has 0 saturated heterocycles. The van der Waals surface area contributed by atoms with Gasteiger partial charge in [0.2, 0.25) is 0 Å². The highest BCUT2D eigenvalue weighted by atomic mass is 79.9. The summed E-state index contributed by atoms with van der Waals surface area (Å²) in [6.07, 6.45) is -0.907. The van der Waals surface area contributed by atoms with Gasteiger partial charge in [0.05, 0.1) is 17.5 Å². The number of carbonyl (C=O) groups excluding carboxylic acids is 1. The van der Waals surface area contributed by atoms with Crippen molar-refractivity contribution >= 4 is 32.0 Å². The molecule has 0 saturated carbocycles. The molecule has 5 nitrogen and oxygen atoms in total. The van der Waals surface area contributed by atoms with Gasteiger partial charge in [-0.05, 0) is 45.0 Å². The number of methoxy groups -OCH3 is 1. The number of sulfonamides is 1. The second-order valence-corrected chi connectivity index (χ2v) is 7.57. The largest absolute Gasteiger partial charge is 0.452 e. The maximum absolute atomic E-state index is 12.5. The van der Waals surface area contributed by atoms with Gasteiger partial charge in [0.25, 0.3) is 10.0 Å². The standard InChI is InChI=1S/C12H16BrNO4S/c1-12(2,3)14(11(15)18-4)19(16,17)10-7-5-9(13)6-8-10/h5-8H,1-4H3. The first-order valence-electron chi connectivity index (χ1n) is 5.49. The summed E-state index contributed by atoms with van der Waals surface area (Å²) in [4.78, 5) is 11.8. The quantitative estimate of drug-likeness (QED) is 0.823. The van der Waals surface area contributed by atoms with E-state index in [1.165, 1.54) is 12.1 Å². The van der Waals surface area contributed by atoms with Crippen LogP contribution in [0.25, 0.3) is 0 Å². The van der Waals surface area contributed by atoms with E-state index in [1.807, 2.05) is 0 Å². The fourth-order valence-corrected chi connectivity index (χ4v) is 3.47. The van der Waals surface area contributed by atoms with E-state index in [-0.39, 0.29) is 4.90 Å². The first kappa shape index (κ1) is 16.0. The molecule has 0 unspecified atom stereocenters. The van der Waals surface area contributed by atoms with Gasteiger partial charge >= 0.3 is 6.09 Å². The SMILES string of the molecule is COC(=O)N(C(C)(C)C)S(=O)(=O)c1ccc(Br)cc1. The van der Waals surface area contributed by atoms with Crippen LogP contribution in [0.2, 0.25) is 0 Å². The van der Waals surface area contributed by atoms with Crippen molar-refractivity contribution in [3.8, 4) is 0 Å². The third kappa shape index (κ3) is 3.48. The van der Waals surface area contributed by atoms with Crippen molar-refractivity contribution in [3.05, 3.63) is 28.7 Å². The molecule has 1 amide bonds. The Balaban J connectivity index is 3.36. The maximum atomic E-state index is 12.5. The van der Waals surface area contributed by atoms with Crippen LogP contribution in [0.15, 0.2) is 33.6 Å². The van der Waals surface area contributed by atoms with Gasteiger partial charge in [-0.1, -0.05) is 15.9 Å². The molecule has 0 heterocycles. The Kier molecular flexibility index (Phi) is 4.63. The minimum atomic E-state index is -3.95. The van der Waals surface area contributed by atoms with Crippen LogP contribution in [0.1, 0.15) is 20.8 Å². The van der Waals surface area contributed by atoms with E-state index in [0.29, 0.717) is 0 Å². The third-order valence-electron chi connectivity index (χ3n) is 2.30. The average Bonchev–Trinajstić information content (AvgIpc) is 2.27. The van der Waals surface area contributed by atoms with Crippen LogP contribution >= 0.6 is 15.9 Å². The number of hydrogen-bond donors (Lipinski definition) is 0. The van der Waals surface area contributed by atoms with E-state index >= 15 is 0 Å². The molecule has 0 fully saturated rings. The van der Waals surface area contributed by atoms with Gasteiger partial charge in [-0.15, -0.1) is 0 Å². The molecule has 0 bridgehead atoms. The highest BCUT2D eigenvalue weighted by Gasteiger charge is 2.39. The van der Waals surface area contributed by atoms with Gasteiger partial charge in [-0.25, -0.2) is 13.2 Å². The maximum Gasteiger partial charge on any atom is 0.424 e. The fourth-order valence-electron chi connectivity index (χ4n) is 1.53. The molecule has 0 aliphatic rings. The summed E-state index contributed by atoms with van der Waals surface area (Å²) in [6, 6.07) is 6.07. The summed E-state index contributed by atoms with van der Waals surface area (Å²) >= 11 is 3.23. The molecule has 0 radical (unpaired) electrons. The molecular formula is C12H16BrNO4S. The zero-order valence-electron chi connectivity index (χ0n) is 11.2. The summed E-state index contributed by atoms with van der Waals surface area (Å²) in [5.41, 5.74) is -0.918. The molecule has 0 spiro atoms. The molecule has 19 heavy (non-hydrogen) atoms. The summed E-state index contributed by atoms with van der Waals surface area (Å²) in [7, 11) is -2.80. The van der Waals surface area contributed by atoms with Crippen LogP contribution in [0.5, 0.6) is 0 Å². The fraction of sp³-hybridized carbons (Fsp3) is 0.417. The summed E-state index contributed by atoms with van der Waals surface area (Å²) < 4.78 is 31.1. The van der Waals surface area contributed by atoms with Crippen molar-refractivity contribution in [2.75, 3.05) is 7.11 Å². The van der Waals surface area contributed by atoms with Crippen molar-refractivity contribution in [1.29, 1.82) is 0 Å². The molecule has 1 aromatic carbocycles. The second kappa shape index (κ2) is 5.50. The molecule has 1 rings (SSSR count). The lowest BCUT2D eigenvalue weighted by Gasteiger charge is -2.33. The van der Waals surface area contributed by atoms with Crippen LogP contribution in [-0.4, -0.2) is 31.5 Å². The van der Waals surface area contributed by atoms with Gasteiger partial charge in [-0.2, -0.15) is 4.31 Å². The molecular weight excluding hydrogens is 334 g/mol. The van der Waals surface area contributed by atoms with Crippen LogP contribution in [0, 0.1) is 0 Å². The number of carbonyl (C=O) groups is 1. The van der Waals surface area contributed by atoms with E-state index in [2.05, 4.69) is 20.7 Å². The van der Waals surface area contributed by atoms with Gasteiger partial charge < -0.3 is 4.74 Å². The molecule has 0 atom stereocenters. The predicted octanol–water partition coefficient (Wildman–Crippen LogP) is 3.00. The Labute approximate surface area is 121 Å². The van der Waals surface area contributed by atoms with Crippen molar-refractivity contribution in [3.63, 3.8) is 0 Å². The van der Waals surface area contributed by atoms with Gasteiger partial charge in [0.15, 0.2) is 0 Å². The van der Waals surface area contributed by atoms with Gasteiger partial charge in [0, 0.05) is 4.47 Å². The van der Waals surface area contributed by atoms with Crippen LogP contribution in [0.3, 0.4) is 0 Å². The van der Waals surface area contributed by atoms with Crippen LogP contribution in [-0.2, 0) is 14.8 Å². The van der Waals surface area contributed by atoms with E-state index in [4.69, 9.17) is 0 Å². The number of halogens is 1. The minimum absolute atomic E-state index is 0.0380. The normalized spacial score (nSPS) is 12.1. The Morgan fingerprint density at radius 2 is 1.68 bits per heavy atom. The van der Waals surface area contributed by atoms with E-state index in [0.717, 1.165) is 15.9 Å². The van der Waals surface area contributed by atoms with Crippen LogP contribution < -0.4 is 0 Å². The van der Waals surface area contributed by atoms with Gasteiger partial charge in [-0.3, -0.25) is 0 Å². The topological polar surface area (TPSA) is 63.7 Å². The number of nitrogens with zero attached hydrogens (tertiary/aromatic N) is 1. The average molecular weight is 350 g/mol. The second-order valence-electron chi connectivity index (χ2n) is 4.86.